The molecule has 0 spiro atoms. The number of sulfonamides is 1. The highest BCUT2D eigenvalue weighted by molar-refractivity contribution is 7.90. The first-order chi connectivity index (χ1) is 18.6. The first kappa shape index (κ1) is 32.4. The molecule has 0 aromatic heterocycles. The van der Waals surface area contributed by atoms with E-state index < -0.39 is 33.7 Å². The van der Waals surface area contributed by atoms with Gasteiger partial charge in [-0.05, 0) is 82.7 Å². The number of methoxy groups -OCH3 is 1. The Labute approximate surface area is 236 Å². The normalized spacial score (nSPS) is 12.8. The quantitative estimate of drug-likeness (QED) is 0.158. The molecule has 0 saturated carbocycles. The highest BCUT2D eigenvalue weighted by Crippen LogP contribution is 2.30. The third kappa shape index (κ3) is 9.74. The summed E-state index contributed by atoms with van der Waals surface area (Å²) >= 11 is 0. The molecule has 4 N–H and O–H groups in total. The van der Waals surface area contributed by atoms with Crippen molar-refractivity contribution in [2.75, 3.05) is 13.7 Å². The van der Waals surface area contributed by atoms with E-state index in [1.54, 1.807) is 47.6 Å². The monoisotopic (exact) mass is 576 g/mol. The van der Waals surface area contributed by atoms with Crippen molar-refractivity contribution in [3.63, 3.8) is 0 Å². The van der Waals surface area contributed by atoms with E-state index in [4.69, 9.17) is 19.9 Å². The Bertz CT molecular complexity index is 1320. The molecule has 1 amide bonds. The lowest BCUT2D eigenvalue weighted by Crippen LogP contribution is -2.44. The molecule has 2 aromatic rings. The molecule has 11 nitrogen and oxygen atoms in total. The smallest absolute Gasteiger partial charge is 0.408 e. The molecule has 220 valence electrons. The van der Waals surface area contributed by atoms with Crippen molar-refractivity contribution < 1.29 is 32.2 Å². The molecular weight excluding hydrogens is 536 g/mol. The number of carbonyl (C=O) groups excluding carboxylic acids is 2. The second-order valence-electron chi connectivity index (χ2n) is 10.3. The van der Waals surface area contributed by atoms with Gasteiger partial charge in [-0.1, -0.05) is 30.3 Å². The number of nitrogens with zero attached hydrogens (tertiary/aromatic N) is 1. The van der Waals surface area contributed by atoms with Crippen LogP contribution in [0.4, 0.5) is 4.79 Å². The van der Waals surface area contributed by atoms with Crippen LogP contribution in [0.25, 0.3) is 0 Å². The van der Waals surface area contributed by atoms with Gasteiger partial charge in [-0.3, -0.25) is 4.99 Å². The summed E-state index contributed by atoms with van der Waals surface area (Å²) in [6.07, 6.45) is -0.309. The molecule has 0 radical (unpaired) electrons. The number of alkyl carbamates (subject to hydrolysis) is 1. The maximum atomic E-state index is 13.0. The molecule has 2 aromatic carbocycles. The van der Waals surface area contributed by atoms with E-state index in [-0.39, 0.29) is 30.4 Å². The minimum absolute atomic E-state index is 0.0430. The largest absolute Gasteiger partial charge is 0.496 e. The number of guanidine groups is 1. The maximum absolute atomic E-state index is 13.0. The summed E-state index contributed by atoms with van der Waals surface area (Å²) in [7, 11) is -2.49. The van der Waals surface area contributed by atoms with Crippen molar-refractivity contribution in [3.05, 3.63) is 58.7 Å². The molecule has 40 heavy (non-hydrogen) atoms. The van der Waals surface area contributed by atoms with E-state index in [1.807, 2.05) is 30.3 Å². The molecule has 1 atom stereocenters. The predicted octanol–water partition coefficient (Wildman–Crippen LogP) is 3.63. The fraction of sp³-hybridized carbons (Fsp3) is 0.464. The fourth-order valence-electron chi connectivity index (χ4n) is 3.89. The zero-order valence-corrected chi connectivity index (χ0v) is 25.0. The summed E-state index contributed by atoms with van der Waals surface area (Å²) in [5, 5.41) is 2.55. The highest BCUT2D eigenvalue weighted by atomic mass is 32.2. The van der Waals surface area contributed by atoms with Crippen molar-refractivity contribution in [1.29, 1.82) is 0 Å². The number of ether oxygens (including phenoxy) is 3. The molecule has 0 heterocycles. The summed E-state index contributed by atoms with van der Waals surface area (Å²) in [6.45, 7) is 10.4. The van der Waals surface area contributed by atoms with Crippen LogP contribution in [0, 0.1) is 20.8 Å². The van der Waals surface area contributed by atoms with Crippen LogP contribution in [0.5, 0.6) is 5.75 Å². The SMILES string of the molecule is COc1cc(C)c(S(=O)(=O)NC(N)=NCCC[C@H](NC(=O)OCc2ccccc2)C(=O)OC(C)(C)C)c(C)c1C. The second kappa shape index (κ2) is 14.0. The number of nitrogens with one attached hydrogen (secondary N) is 2. The van der Waals surface area contributed by atoms with Gasteiger partial charge >= 0.3 is 12.1 Å². The number of hydrogen-bond donors (Lipinski definition) is 3. The van der Waals surface area contributed by atoms with Gasteiger partial charge in [-0.15, -0.1) is 0 Å². The molecule has 0 bridgehead atoms. The topological polar surface area (TPSA) is 158 Å². The van der Waals surface area contributed by atoms with Crippen LogP contribution in [-0.4, -0.2) is 51.7 Å². The molecule has 0 aliphatic heterocycles. The Hall–Kier alpha value is -3.80. The van der Waals surface area contributed by atoms with E-state index in [0.717, 1.165) is 5.56 Å². The third-order valence-corrected chi connectivity index (χ3v) is 7.48. The summed E-state index contributed by atoms with van der Waals surface area (Å²) in [5.41, 5.74) is 7.67. The van der Waals surface area contributed by atoms with Crippen LogP contribution in [0.15, 0.2) is 46.3 Å². The Kier molecular flexibility index (Phi) is 11.4. The summed E-state index contributed by atoms with van der Waals surface area (Å²) < 4.78 is 44.4. The average molecular weight is 577 g/mol. The van der Waals surface area contributed by atoms with Crippen LogP contribution in [-0.2, 0) is 30.9 Å². The van der Waals surface area contributed by atoms with Gasteiger partial charge in [0.25, 0.3) is 10.0 Å². The Morgan fingerprint density at radius 1 is 1.07 bits per heavy atom. The lowest BCUT2D eigenvalue weighted by atomic mass is 10.1. The van der Waals surface area contributed by atoms with Gasteiger partial charge in [0.2, 0.25) is 5.96 Å². The van der Waals surface area contributed by atoms with Crippen molar-refractivity contribution in [2.45, 2.75) is 77.5 Å². The van der Waals surface area contributed by atoms with Crippen LogP contribution in [0.3, 0.4) is 0 Å². The number of rotatable bonds is 11. The summed E-state index contributed by atoms with van der Waals surface area (Å²) in [4.78, 5) is 29.3. The molecule has 12 heteroatoms. The fourth-order valence-corrected chi connectivity index (χ4v) is 5.37. The van der Waals surface area contributed by atoms with Crippen molar-refractivity contribution in [3.8, 4) is 5.75 Å². The van der Waals surface area contributed by atoms with Gasteiger partial charge in [0, 0.05) is 6.54 Å². The number of nitrogens with two attached hydrogens (primary N) is 1. The van der Waals surface area contributed by atoms with E-state index in [9.17, 15) is 18.0 Å². The van der Waals surface area contributed by atoms with Crippen molar-refractivity contribution in [1.82, 2.24) is 10.0 Å². The van der Waals surface area contributed by atoms with Gasteiger partial charge in [-0.25, -0.2) is 22.7 Å². The van der Waals surface area contributed by atoms with Crippen LogP contribution >= 0.6 is 0 Å². The van der Waals surface area contributed by atoms with Gasteiger partial charge in [0.1, 0.15) is 24.0 Å². The number of benzene rings is 2. The molecule has 0 aliphatic rings. The first-order valence-electron chi connectivity index (χ1n) is 12.8. The third-order valence-electron chi connectivity index (χ3n) is 5.84. The van der Waals surface area contributed by atoms with Gasteiger partial charge < -0.3 is 25.3 Å². The van der Waals surface area contributed by atoms with Gasteiger partial charge in [0.15, 0.2) is 0 Å². The second-order valence-corrected chi connectivity index (χ2v) is 11.9. The number of aliphatic imine (C=N–C) groups is 1. The van der Waals surface area contributed by atoms with Crippen molar-refractivity contribution in [2.24, 2.45) is 10.7 Å². The lowest BCUT2D eigenvalue weighted by Gasteiger charge is -2.24. The maximum Gasteiger partial charge on any atom is 0.408 e. The van der Waals surface area contributed by atoms with E-state index in [2.05, 4.69) is 15.0 Å². The molecule has 0 unspecified atom stereocenters. The Morgan fingerprint density at radius 3 is 2.33 bits per heavy atom. The minimum atomic E-state index is -4.01. The molecule has 0 fully saturated rings. The van der Waals surface area contributed by atoms with Gasteiger partial charge in [0.05, 0.1) is 12.0 Å². The molecule has 0 aliphatic carbocycles. The molecule has 0 saturated heterocycles. The minimum Gasteiger partial charge on any atom is -0.496 e. The zero-order chi connectivity index (χ0) is 30.1. The zero-order valence-electron chi connectivity index (χ0n) is 24.2. The van der Waals surface area contributed by atoms with Crippen LogP contribution in [0.1, 0.15) is 55.9 Å². The summed E-state index contributed by atoms with van der Waals surface area (Å²) in [5.74, 6) is -0.327. The number of hydrogen-bond acceptors (Lipinski definition) is 8. The van der Waals surface area contributed by atoms with Crippen LogP contribution in [0.2, 0.25) is 0 Å². The Balaban J connectivity index is 2.03. The highest BCUT2D eigenvalue weighted by Gasteiger charge is 2.27. The van der Waals surface area contributed by atoms with Crippen molar-refractivity contribution >= 4 is 28.0 Å². The number of aryl methyl sites for hydroxylation is 1. The number of carbonyl (C=O) groups is 2. The molecule has 2 rings (SSSR count). The number of amides is 1. The van der Waals surface area contributed by atoms with E-state index in [1.165, 1.54) is 7.11 Å². The van der Waals surface area contributed by atoms with E-state index in [0.29, 0.717) is 28.9 Å². The summed E-state index contributed by atoms with van der Waals surface area (Å²) in [6, 6.07) is 9.78. The van der Waals surface area contributed by atoms with Crippen LogP contribution < -0.4 is 20.5 Å². The predicted molar refractivity (Wildman–Crippen MR) is 153 cm³/mol. The average Bonchev–Trinajstić information content (AvgIpc) is 2.85. The first-order valence-corrected chi connectivity index (χ1v) is 14.3. The lowest BCUT2D eigenvalue weighted by molar-refractivity contribution is -0.157. The Morgan fingerprint density at radius 2 is 1.73 bits per heavy atom. The molecular formula is C28H40N4O7S. The standard InChI is InChI=1S/C28H40N4O7S/c1-18-16-23(37-7)19(2)20(3)24(18)40(35,36)32-26(29)30-15-11-14-22(25(33)39-28(4,5)6)31-27(34)38-17-21-12-9-8-10-13-21/h8-10,12-13,16,22H,11,14-15,17H2,1-7H3,(H,31,34)(H3,29,30,32)/t22-/m0/s1. The number of esters is 1. The van der Waals surface area contributed by atoms with Gasteiger partial charge in [-0.2, -0.15) is 0 Å². The van der Waals surface area contributed by atoms with E-state index >= 15 is 0 Å².